The molecule has 6 nitrogen and oxygen atoms in total. The standard InChI is InChI=1S/C9H11N3O3S/c1-15-7(13)4-16-9-6(8(11)14)2-5(10)3-12-9/h2-3H,4,10H2,1H3,(H2,11,14). The predicted octanol–water partition coefficient (Wildman–Crippen LogP) is 0.0278. The van der Waals surface area contributed by atoms with Crippen molar-refractivity contribution < 1.29 is 14.3 Å². The minimum Gasteiger partial charge on any atom is -0.468 e. The van der Waals surface area contributed by atoms with E-state index in [1.54, 1.807) is 0 Å². The third-order valence-electron chi connectivity index (χ3n) is 1.69. The van der Waals surface area contributed by atoms with Gasteiger partial charge in [0.25, 0.3) is 5.91 Å². The Morgan fingerprint density at radius 1 is 1.56 bits per heavy atom. The zero-order valence-corrected chi connectivity index (χ0v) is 9.41. The first-order valence-corrected chi connectivity index (χ1v) is 5.28. The lowest BCUT2D eigenvalue weighted by Crippen LogP contribution is -2.14. The molecule has 0 unspecified atom stereocenters. The van der Waals surface area contributed by atoms with Gasteiger partial charge in [0.05, 0.1) is 30.3 Å². The third kappa shape index (κ3) is 3.13. The molecule has 7 heteroatoms. The van der Waals surface area contributed by atoms with E-state index in [1.165, 1.54) is 19.4 Å². The van der Waals surface area contributed by atoms with Crippen LogP contribution in [-0.4, -0.2) is 29.7 Å². The fourth-order valence-corrected chi connectivity index (χ4v) is 1.76. The Bertz CT molecular complexity index is 422. The van der Waals surface area contributed by atoms with Crippen LogP contribution >= 0.6 is 11.8 Å². The first-order chi connectivity index (χ1) is 7.54. The van der Waals surface area contributed by atoms with Crippen molar-refractivity contribution in [1.82, 2.24) is 4.98 Å². The highest BCUT2D eigenvalue weighted by molar-refractivity contribution is 8.00. The van der Waals surface area contributed by atoms with E-state index in [0.717, 1.165) is 11.8 Å². The average Bonchev–Trinajstić information content (AvgIpc) is 2.26. The largest absolute Gasteiger partial charge is 0.468 e. The monoisotopic (exact) mass is 241 g/mol. The Morgan fingerprint density at radius 2 is 2.25 bits per heavy atom. The number of carbonyl (C=O) groups excluding carboxylic acids is 2. The summed E-state index contributed by atoms with van der Waals surface area (Å²) in [7, 11) is 1.29. The third-order valence-corrected chi connectivity index (χ3v) is 2.67. The number of thioether (sulfide) groups is 1. The van der Waals surface area contributed by atoms with Gasteiger partial charge < -0.3 is 16.2 Å². The average molecular weight is 241 g/mol. The van der Waals surface area contributed by atoms with E-state index in [0.29, 0.717) is 10.7 Å². The van der Waals surface area contributed by atoms with Crippen molar-refractivity contribution in [2.75, 3.05) is 18.6 Å². The highest BCUT2D eigenvalue weighted by atomic mass is 32.2. The number of hydrogen-bond donors (Lipinski definition) is 2. The molecule has 0 aromatic carbocycles. The van der Waals surface area contributed by atoms with Crippen LogP contribution in [0.15, 0.2) is 17.3 Å². The van der Waals surface area contributed by atoms with Gasteiger partial charge in [-0.3, -0.25) is 9.59 Å². The second kappa shape index (κ2) is 5.36. The lowest BCUT2D eigenvalue weighted by molar-refractivity contribution is -0.137. The van der Waals surface area contributed by atoms with E-state index >= 15 is 0 Å². The van der Waals surface area contributed by atoms with Gasteiger partial charge in [-0.15, -0.1) is 0 Å². The minimum atomic E-state index is -0.632. The Kier molecular flexibility index (Phi) is 4.12. The van der Waals surface area contributed by atoms with Gasteiger partial charge in [0.15, 0.2) is 0 Å². The summed E-state index contributed by atoms with van der Waals surface area (Å²) >= 11 is 1.07. The molecule has 1 aromatic heterocycles. The summed E-state index contributed by atoms with van der Waals surface area (Å²) in [5.74, 6) is -0.973. The van der Waals surface area contributed by atoms with E-state index in [9.17, 15) is 9.59 Å². The molecular weight excluding hydrogens is 230 g/mol. The molecule has 0 aliphatic rings. The van der Waals surface area contributed by atoms with Crippen LogP contribution in [0.1, 0.15) is 10.4 Å². The molecule has 0 aliphatic carbocycles. The van der Waals surface area contributed by atoms with Crippen LogP contribution in [0.25, 0.3) is 0 Å². The van der Waals surface area contributed by atoms with Crippen LogP contribution in [0.5, 0.6) is 0 Å². The van der Waals surface area contributed by atoms with E-state index in [2.05, 4.69) is 9.72 Å². The SMILES string of the molecule is COC(=O)CSc1ncc(N)cc1C(N)=O. The Morgan fingerprint density at radius 3 is 2.81 bits per heavy atom. The molecule has 0 spiro atoms. The van der Waals surface area contributed by atoms with Gasteiger partial charge in [0.1, 0.15) is 5.03 Å². The summed E-state index contributed by atoms with van der Waals surface area (Å²) in [5.41, 5.74) is 11.2. The topological polar surface area (TPSA) is 108 Å². The molecule has 4 N–H and O–H groups in total. The molecule has 0 bridgehead atoms. The molecule has 1 rings (SSSR count). The minimum absolute atomic E-state index is 0.0632. The summed E-state index contributed by atoms with van der Waals surface area (Å²) < 4.78 is 4.47. The van der Waals surface area contributed by atoms with Gasteiger partial charge in [0.2, 0.25) is 0 Å². The van der Waals surface area contributed by atoms with Crippen molar-refractivity contribution in [3.63, 3.8) is 0 Å². The van der Waals surface area contributed by atoms with E-state index in [1.807, 2.05) is 0 Å². The number of nitrogens with zero attached hydrogens (tertiary/aromatic N) is 1. The lowest BCUT2D eigenvalue weighted by Gasteiger charge is -2.05. The number of ether oxygens (including phenoxy) is 1. The fraction of sp³-hybridized carbons (Fsp3) is 0.222. The molecular formula is C9H11N3O3S. The van der Waals surface area contributed by atoms with Crippen LogP contribution in [0.2, 0.25) is 0 Å². The quantitative estimate of drug-likeness (QED) is 0.568. The smallest absolute Gasteiger partial charge is 0.316 e. The van der Waals surface area contributed by atoms with Crippen molar-refractivity contribution in [2.24, 2.45) is 5.73 Å². The number of rotatable bonds is 4. The number of carbonyl (C=O) groups is 2. The molecule has 0 fully saturated rings. The molecule has 0 atom stereocenters. The van der Waals surface area contributed by atoms with Crippen LogP contribution < -0.4 is 11.5 Å². The highest BCUT2D eigenvalue weighted by Gasteiger charge is 2.12. The summed E-state index contributed by atoms with van der Waals surface area (Å²) in [4.78, 5) is 25.9. The molecule has 0 radical (unpaired) electrons. The van der Waals surface area contributed by atoms with Crippen molar-refractivity contribution in [3.05, 3.63) is 17.8 Å². The maximum atomic E-state index is 11.1. The zero-order chi connectivity index (χ0) is 12.1. The summed E-state index contributed by atoms with van der Waals surface area (Å²) in [5, 5.41) is 0.368. The summed E-state index contributed by atoms with van der Waals surface area (Å²) in [6, 6.07) is 1.43. The van der Waals surface area contributed by atoms with Crippen LogP contribution in [-0.2, 0) is 9.53 Å². The Labute approximate surface area is 96.4 Å². The van der Waals surface area contributed by atoms with Crippen LogP contribution in [0.3, 0.4) is 0 Å². The zero-order valence-electron chi connectivity index (χ0n) is 8.60. The summed E-state index contributed by atoms with van der Waals surface area (Å²) in [6.07, 6.45) is 1.39. The van der Waals surface area contributed by atoms with E-state index < -0.39 is 11.9 Å². The molecule has 0 saturated carbocycles. The van der Waals surface area contributed by atoms with E-state index in [4.69, 9.17) is 11.5 Å². The molecule has 16 heavy (non-hydrogen) atoms. The normalized spacial score (nSPS) is 9.81. The van der Waals surface area contributed by atoms with Crippen molar-refractivity contribution in [1.29, 1.82) is 0 Å². The molecule has 86 valence electrons. The summed E-state index contributed by atoms with van der Waals surface area (Å²) in [6.45, 7) is 0. The van der Waals surface area contributed by atoms with Gasteiger partial charge in [-0.25, -0.2) is 4.98 Å². The molecule has 0 saturated heterocycles. The maximum absolute atomic E-state index is 11.1. The first-order valence-electron chi connectivity index (χ1n) is 4.29. The van der Waals surface area contributed by atoms with Crippen molar-refractivity contribution in [3.8, 4) is 0 Å². The Balaban J connectivity index is 2.87. The number of primary amides is 1. The van der Waals surface area contributed by atoms with Gasteiger partial charge in [-0.2, -0.15) is 0 Å². The predicted molar refractivity (Wildman–Crippen MR) is 59.9 cm³/mol. The van der Waals surface area contributed by atoms with Crippen LogP contribution in [0.4, 0.5) is 5.69 Å². The number of pyridine rings is 1. The molecule has 0 aliphatic heterocycles. The van der Waals surface area contributed by atoms with Crippen LogP contribution in [0, 0.1) is 0 Å². The number of amides is 1. The number of anilines is 1. The number of aromatic nitrogens is 1. The van der Waals surface area contributed by atoms with Gasteiger partial charge in [0, 0.05) is 0 Å². The second-order valence-electron chi connectivity index (χ2n) is 2.85. The van der Waals surface area contributed by atoms with Crippen molar-refractivity contribution in [2.45, 2.75) is 5.03 Å². The number of esters is 1. The second-order valence-corrected chi connectivity index (χ2v) is 3.81. The molecule has 1 heterocycles. The van der Waals surface area contributed by atoms with Gasteiger partial charge in [-0.1, -0.05) is 11.8 Å². The van der Waals surface area contributed by atoms with Gasteiger partial charge in [-0.05, 0) is 6.07 Å². The number of nitrogens with two attached hydrogens (primary N) is 2. The fourth-order valence-electron chi connectivity index (χ4n) is 0.946. The first kappa shape index (κ1) is 12.3. The molecule has 1 amide bonds. The maximum Gasteiger partial charge on any atom is 0.316 e. The lowest BCUT2D eigenvalue weighted by atomic mass is 10.2. The molecule has 1 aromatic rings. The van der Waals surface area contributed by atoms with Gasteiger partial charge >= 0.3 is 5.97 Å². The Hall–Kier alpha value is -1.76. The number of methoxy groups -OCH3 is 1. The highest BCUT2D eigenvalue weighted by Crippen LogP contribution is 2.21. The van der Waals surface area contributed by atoms with Crippen molar-refractivity contribution >= 4 is 29.3 Å². The number of hydrogen-bond acceptors (Lipinski definition) is 6. The number of nitrogen functional groups attached to an aromatic ring is 1. The van der Waals surface area contributed by atoms with E-state index in [-0.39, 0.29) is 11.3 Å².